The topological polar surface area (TPSA) is 66.2 Å². The molecule has 4 rings (SSSR count). The van der Waals surface area contributed by atoms with Crippen LogP contribution in [0.25, 0.3) is 0 Å². The van der Waals surface area contributed by atoms with Gasteiger partial charge in [-0.05, 0) is 73.9 Å². The van der Waals surface area contributed by atoms with Crippen LogP contribution in [-0.4, -0.2) is 30.3 Å². The third kappa shape index (κ3) is 3.72. The van der Waals surface area contributed by atoms with Crippen molar-refractivity contribution >= 4 is 23.4 Å². The summed E-state index contributed by atoms with van der Waals surface area (Å²) >= 11 is 1.38. The van der Waals surface area contributed by atoms with Gasteiger partial charge in [0.1, 0.15) is 16.8 Å². The lowest BCUT2D eigenvalue weighted by atomic mass is 9.95. The van der Waals surface area contributed by atoms with Crippen LogP contribution in [0, 0.1) is 11.3 Å². The molecule has 2 aromatic rings. The summed E-state index contributed by atoms with van der Waals surface area (Å²) in [5.74, 6) is 1.16. The van der Waals surface area contributed by atoms with Crippen LogP contribution >= 0.6 is 11.8 Å². The second-order valence-corrected chi connectivity index (χ2v) is 8.16. The molecule has 28 heavy (non-hydrogen) atoms. The van der Waals surface area contributed by atoms with Crippen molar-refractivity contribution in [2.24, 2.45) is 0 Å². The maximum absolute atomic E-state index is 12.9. The third-order valence-electron chi connectivity index (χ3n) is 5.43. The van der Waals surface area contributed by atoms with Crippen molar-refractivity contribution in [1.82, 2.24) is 4.98 Å². The van der Waals surface area contributed by atoms with Gasteiger partial charge in [0.05, 0.1) is 18.4 Å². The molecule has 0 bridgehead atoms. The monoisotopic (exact) mass is 393 g/mol. The van der Waals surface area contributed by atoms with Crippen molar-refractivity contribution in [2.45, 2.75) is 43.6 Å². The summed E-state index contributed by atoms with van der Waals surface area (Å²) < 4.78 is 5.31. The van der Waals surface area contributed by atoms with Gasteiger partial charge in [-0.25, -0.2) is 4.98 Å². The van der Waals surface area contributed by atoms with Crippen LogP contribution in [0.2, 0.25) is 0 Å². The number of fused-ring (bicyclic) bond motifs is 2. The van der Waals surface area contributed by atoms with Crippen LogP contribution in [0.5, 0.6) is 5.75 Å². The standard InChI is InChI=1S/C22H23N3O2S/c1-27-18-8-9-20-16(12-18)6-4-10-25(20)21(26)14-28-22-17(13-23)11-15-5-2-3-7-19(15)24-22/h8-9,11-12H,2-7,10,14H2,1H3. The van der Waals surface area contributed by atoms with Crippen LogP contribution in [0.15, 0.2) is 29.3 Å². The Morgan fingerprint density at radius 2 is 2.04 bits per heavy atom. The first-order valence-corrected chi connectivity index (χ1v) is 10.7. The van der Waals surface area contributed by atoms with E-state index in [2.05, 4.69) is 6.07 Å². The number of nitriles is 1. The molecule has 0 N–H and O–H groups in total. The highest BCUT2D eigenvalue weighted by Gasteiger charge is 2.24. The number of hydrogen-bond acceptors (Lipinski definition) is 5. The molecule has 0 radical (unpaired) electrons. The van der Waals surface area contributed by atoms with E-state index < -0.39 is 0 Å². The van der Waals surface area contributed by atoms with E-state index in [0.717, 1.165) is 67.8 Å². The number of anilines is 1. The van der Waals surface area contributed by atoms with Crippen LogP contribution in [0.3, 0.4) is 0 Å². The number of nitrogens with zero attached hydrogens (tertiary/aromatic N) is 3. The normalized spacial score (nSPS) is 15.4. The quantitative estimate of drug-likeness (QED) is 0.737. The smallest absolute Gasteiger partial charge is 0.237 e. The summed E-state index contributed by atoms with van der Waals surface area (Å²) in [4.78, 5) is 19.5. The Kier molecular flexibility index (Phi) is 5.54. The molecule has 0 spiro atoms. The second-order valence-electron chi connectivity index (χ2n) is 7.20. The number of carbonyl (C=O) groups is 1. The number of carbonyl (C=O) groups excluding carboxylic acids is 1. The number of amides is 1. The Hall–Kier alpha value is -2.52. The number of hydrogen-bond donors (Lipinski definition) is 0. The molecule has 144 valence electrons. The lowest BCUT2D eigenvalue weighted by molar-refractivity contribution is -0.116. The second kappa shape index (κ2) is 8.24. The van der Waals surface area contributed by atoms with Gasteiger partial charge in [0.15, 0.2) is 0 Å². The van der Waals surface area contributed by atoms with Gasteiger partial charge in [-0.1, -0.05) is 11.8 Å². The van der Waals surface area contributed by atoms with Crippen LogP contribution in [-0.2, 0) is 24.1 Å². The van der Waals surface area contributed by atoms with Gasteiger partial charge in [0, 0.05) is 17.9 Å². The zero-order chi connectivity index (χ0) is 19.5. The number of aryl methyl sites for hydroxylation is 3. The molecular weight excluding hydrogens is 370 g/mol. The summed E-state index contributed by atoms with van der Waals surface area (Å²) in [6, 6.07) is 10.1. The van der Waals surface area contributed by atoms with Crippen LogP contribution < -0.4 is 9.64 Å². The van der Waals surface area contributed by atoms with Crippen LogP contribution in [0.1, 0.15) is 41.6 Å². The fourth-order valence-electron chi connectivity index (χ4n) is 3.97. The van der Waals surface area contributed by atoms with Gasteiger partial charge >= 0.3 is 0 Å². The molecule has 1 amide bonds. The highest BCUT2D eigenvalue weighted by atomic mass is 32.2. The molecule has 1 aliphatic carbocycles. The Morgan fingerprint density at radius 1 is 1.21 bits per heavy atom. The fourth-order valence-corrected chi connectivity index (χ4v) is 4.82. The highest BCUT2D eigenvalue weighted by Crippen LogP contribution is 2.32. The first-order chi connectivity index (χ1) is 13.7. The van der Waals surface area contributed by atoms with E-state index in [1.807, 2.05) is 29.2 Å². The molecule has 2 heterocycles. The van der Waals surface area contributed by atoms with Crippen molar-refractivity contribution in [2.75, 3.05) is 24.3 Å². The Morgan fingerprint density at radius 3 is 2.86 bits per heavy atom. The number of pyridine rings is 1. The maximum atomic E-state index is 12.9. The minimum atomic E-state index is 0.0551. The molecule has 1 aliphatic heterocycles. The van der Waals surface area contributed by atoms with E-state index in [0.29, 0.717) is 10.6 Å². The summed E-state index contributed by atoms with van der Waals surface area (Å²) in [7, 11) is 1.66. The molecule has 0 fully saturated rings. The predicted octanol–water partition coefficient (Wildman–Crippen LogP) is 3.91. The fraction of sp³-hybridized carbons (Fsp3) is 0.409. The number of benzene rings is 1. The average molecular weight is 394 g/mol. The molecule has 2 aliphatic rings. The van der Waals surface area contributed by atoms with Crippen molar-refractivity contribution in [1.29, 1.82) is 5.26 Å². The van der Waals surface area contributed by atoms with Crippen LogP contribution in [0.4, 0.5) is 5.69 Å². The Balaban J connectivity index is 1.51. The van der Waals surface area contributed by atoms with Gasteiger partial charge in [0.25, 0.3) is 0 Å². The minimum absolute atomic E-state index is 0.0551. The number of thioether (sulfide) groups is 1. The zero-order valence-electron chi connectivity index (χ0n) is 16.0. The van der Waals surface area contributed by atoms with E-state index in [4.69, 9.17) is 9.72 Å². The minimum Gasteiger partial charge on any atom is -0.497 e. The van der Waals surface area contributed by atoms with E-state index in [1.165, 1.54) is 17.3 Å². The zero-order valence-corrected chi connectivity index (χ0v) is 16.8. The van der Waals surface area contributed by atoms with Gasteiger partial charge in [-0.15, -0.1) is 0 Å². The molecule has 0 saturated carbocycles. The van der Waals surface area contributed by atoms with Crippen molar-refractivity contribution in [3.8, 4) is 11.8 Å². The number of rotatable bonds is 4. The lowest BCUT2D eigenvalue weighted by Crippen LogP contribution is -2.36. The molecular formula is C22H23N3O2S. The molecule has 1 aromatic carbocycles. The first-order valence-electron chi connectivity index (χ1n) is 9.72. The van der Waals surface area contributed by atoms with E-state index >= 15 is 0 Å². The lowest BCUT2D eigenvalue weighted by Gasteiger charge is -2.29. The third-order valence-corrected chi connectivity index (χ3v) is 6.40. The molecule has 6 heteroatoms. The number of methoxy groups -OCH3 is 1. The molecule has 1 aromatic heterocycles. The SMILES string of the molecule is COc1ccc2c(c1)CCCN2C(=O)CSc1nc2c(cc1C#N)CCCC2. The van der Waals surface area contributed by atoms with E-state index in [9.17, 15) is 10.1 Å². The van der Waals surface area contributed by atoms with Crippen molar-refractivity contribution in [3.63, 3.8) is 0 Å². The van der Waals surface area contributed by atoms with Gasteiger partial charge in [-0.3, -0.25) is 4.79 Å². The van der Waals surface area contributed by atoms with Gasteiger partial charge in [0.2, 0.25) is 5.91 Å². The molecule has 0 saturated heterocycles. The predicted molar refractivity (Wildman–Crippen MR) is 110 cm³/mol. The number of aromatic nitrogens is 1. The average Bonchev–Trinajstić information content (AvgIpc) is 2.75. The Labute approximate surface area is 169 Å². The first kappa shape index (κ1) is 18.8. The summed E-state index contributed by atoms with van der Waals surface area (Å²) in [5, 5.41) is 10.2. The summed E-state index contributed by atoms with van der Waals surface area (Å²) in [6.45, 7) is 0.724. The van der Waals surface area contributed by atoms with E-state index in [-0.39, 0.29) is 11.7 Å². The highest BCUT2D eigenvalue weighted by molar-refractivity contribution is 8.00. The summed E-state index contributed by atoms with van der Waals surface area (Å²) in [6.07, 6.45) is 6.15. The van der Waals surface area contributed by atoms with Gasteiger partial charge in [-0.2, -0.15) is 5.26 Å². The maximum Gasteiger partial charge on any atom is 0.237 e. The summed E-state index contributed by atoms with van der Waals surface area (Å²) in [5.41, 5.74) is 4.99. The Bertz CT molecular complexity index is 952. The largest absolute Gasteiger partial charge is 0.497 e. The van der Waals surface area contributed by atoms with Gasteiger partial charge < -0.3 is 9.64 Å². The number of ether oxygens (including phenoxy) is 1. The van der Waals surface area contributed by atoms with E-state index in [1.54, 1.807) is 7.11 Å². The molecule has 0 atom stereocenters. The molecule has 5 nitrogen and oxygen atoms in total. The van der Waals surface area contributed by atoms with Crippen molar-refractivity contribution in [3.05, 3.63) is 46.6 Å². The molecule has 0 unspecified atom stereocenters. The van der Waals surface area contributed by atoms with Crippen molar-refractivity contribution < 1.29 is 9.53 Å².